The quantitative estimate of drug-likeness (QED) is 0.652. The third-order valence-electron chi connectivity index (χ3n) is 4.42. The predicted octanol–water partition coefficient (Wildman–Crippen LogP) is 4.09. The maximum absolute atomic E-state index is 13.3. The van der Waals surface area contributed by atoms with Gasteiger partial charge in [0.2, 0.25) is 10.0 Å². The molecule has 4 nitrogen and oxygen atoms in total. The normalized spacial score (nSPS) is 12.0. The van der Waals surface area contributed by atoms with Crippen LogP contribution in [0.25, 0.3) is 0 Å². The van der Waals surface area contributed by atoms with E-state index in [1.54, 1.807) is 27.8 Å². The Kier molecular flexibility index (Phi) is 5.13. The summed E-state index contributed by atoms with van der Waals surface area (Å²) >= 11 is 1.57. The molecule has 0 saturated carbocycles. The Hall–Kier alpha value is -1.89. The third kappa shape index (κ3) is 3.86. The molecule has 0 saturated heterocycles. The standard InChI is InChI=1S/C19H22N2O2S2/c1-15-8-9-19(12-16(15)2)25(22,23)21(14-18-7-5-11-24-18)13-17-6-4-10-20(17)3/h4-12H,13-14H2,1-3H3. The Bertz CT molecular complexity index is 957. The van der Waals surface area contributed by atoms with Gasteiger partial charge in [-0.15, -0.1) is 11.3 Å². The van der Waals surface area contributed by atoms with E-state index in [0.29, 0.717) is 18.0 Å². The molecule has 0 fully saturated rings. The van der Waals surface area contributed by atoms with Crippen LogP contribution in [0, 0.1) is 13.8 Å². The second kappa shape index (κ2) is 7.15. The lowest BCUT2D eigenvalue weighted by atomic mass is 10.1. The topological polar surface area (TPSA) is 42.3 Å². The molecule has 0 unspecified atom stereocenters. The van der Waals surface area contributed by atoms with Crippen molar-refractivity contribution in [2.24, 2.45) is 7.05 Å². The average molecular weight is 375 g/mol. The van der Waals surface area contributed by atoms with E-state index < -0.39 is 10.0 Å². The second-order valence-electron chi connectivity index (χ2n) is 6.21. The number of nitrogens with zero attached hydrogens (tertiary/aromatic N) is 2. The van der Waals surface area contributed by atoms with Crippen molar-refractivity contribution in [2.45, 2.75) is 31.8 Å². The SMILES string of the molecule is Cc1ccc(S(=O)(=O)N(Cc2cccs2)Cc2cccn2C)cc1C. The Balaban J connectivity index is 1.99. The van der Waals surface area contributed by atoms with Crippen molar-refractivity contribution in [1.82, 2.24) is 8.87 Å². The molecule has 0 spiro atoms. The molecular formula is C19H22N2O2S2. The summed E-state index contributed by atoms with van der Waals surface area (Å²) in [7, 11) is -1.65. The maximum Gasteiger partial charge on any atom is 0.243 e. The van der Waals surface area contributed by atoms with Crippen molar-refractivity contribution in [1.29, 1.82) is 0 Å². The molecule has 0 aliphatic carbocycles. The fourth-order valence-corrected chi connectivity index (χ4v) is 4.94. The van der Waals surface area contributed by atoms with Gasteiger partial charge in [0.1, 0.15) is 0 Å². The van der Waals surface area contributed by atoms with Gasteiger partial charge in [-0.3, -0.25) is 0 Å². The van der Waals surface area contributed by atoms with Gasteiger partial charge in [-0.2, -0.15) is 4.31 Å². The first-order valence-electron chi connectivity index (χ1n) is 8.08. The van der Waals surface area contributed by atoms with Gasteiger partial charge in [0.05, 0.1) is 11.4 Å². The zero-order chi connectivity index (χ0) is 18.0. The fourth-order valence-electron chi connectivity index (χ4n) is 2.67. The fraction of sp³-hybridized carbons (Fsp3) is 0.263. The molecule has 0 aliphatic rings. The first-order valence-corrected chi connectivity index (χ1v) is 10.4. The summed E-state index contributed by atoms with van der Waals surface area (Å²) in [6, 6.07) is 13.1. The molecular weight excluding hydrogens is 352 g/mol. The highest BCUT2D eigenvalue weighted by Crippen LogP contribution is 2.24. The molecule has 25 heavy (non-hydrogen) atoms. The number of benzene rings is 1. The van der Waals surface area contributed by atoms with Crippen LogP contribution in [0.4, 0.5) is 0 Å². The molecule has 3 aromatic rings. The minimum atomic E-state index is -3.58. The van der Waals surface area contributed by atoms with E-state index >= 15 is 0 Å². The van der Waals surface area contributed by atoms with Crippen LogP contribution in [0.15, 0.2) is 58.9 Å². The van der Waals surface area contributed by atoms with Crippen LogP contribution in [0.2, 0.25) is 0 Å². The maximum atomic E-state index is 13.3. The highest BCUT2D eigenvalue weighted by atomic mass is 32.2. The summed E-state index contributed by atoms with van der Waals surface area (Å²) in [5, 5.41) is 1.97. The van der Waals surface area contributed by atoms with Crippen molar-refractivity contribution in [3.8, 4) is 0 Å². The van der Waals surface area contributed by atoms with Crippen LogP contribution < -0.4 is 0 Å². The Labute approximate surface area is 153 Å². The van der Waals surface area contributed by atoms with E-state index in [1.807, 2.05) is 67.4 Å². The summed E-state index contributed by atoms with van der Waals surface area (Å²) in [5.74, 6) is 0. The van der Waals surface area contributed by atoms with Crippen molar-refractivity contribution in [3.63, 3.8) is 0 Å². The van der Waals surface area contributed by atoms with Crippen LogP contribution in [0.1, 0.15) is 21.7 Å². The number of rotatable bonds is 6. The molecule has 0 amide bonds. The smallest absolute Gasteiger partial charge is 0.243 e. The van der Waals surface area contributed by atoms with Crippen LogP contribution in [0.5, 0.6) is 0 Å². The number of aryl methyl sites for hydroxylation is 3. The average Bonchev–Trinajstić information content (AvgIpc) is 3.21. The minimum absolute atomic E-state index is 0.344. The summed E-state index contributed by atoms with van der Waals surface area (Å²) < 4.78 is 30.1. The Morgan fingerprint density at radius 3 is 2.44 bits per heavy atom. The summed E-state index contributed by atoms with van der Waals surface area (Å²) in [6.07, 6.45) is 1.93. The number of sulfonamides is 1. The van der Waals surface area contributed by atoms with E-state index in [0.717, 1.165) is 21.7 Å². The van der Waals surface area contributed by atoms with Gasteiger partial charge < -0.3 is 4.57 Å². The van der Waals surface area contributed by atoms with Crippen molar-refractivity contribution in [2.75, 3.05) is 0 Å². The highest BCUT2D eigenvalue weighted by Gasteiger charge is 2.26. The van der Waals surface area contributed by atoms with Crippen LogP contribution in [0.3, 0.4) is 0 Å². The first kappa shape index (κ1) is 17.9. The van der Waals surface area contributed by atoms with Crippen molar-refractivity contribution in [3.05, 3.63) is 75.7 Å². The summed E-state index contributed by atoms with van der Waals surface area (Å²) in [6.45, 7) is 4.64. The molecule has 0 aliphatic heterocycles. The van der Waals surface area contributed by atoms with E-state index in [2.05, 4.69) is 0 Å². The highest BCUT2D eigenvalue weighted by molar-refractivity contribution is 7.89. The Morgan fingerprint density at radius 2 is 1.84 bits per heavy atom. The zero-order valence-electron chi connectivity index (χ0n) is 14.6. The summed E-state index contributed by atoms with van der Waals surface area (Å²) in [5.41, 5.74) is 3.03. The minimum Gasteiger partial charge on any atom is -0.353 e. The molecule has 1 aromatic carbocycles. The van der Waals surface area contributed by atoms with E-state index in [-0.39, 0.29) is 0 Å². The molecule has 6 heteroatoms. The van der Waals surface area contributed by atoms with Gasteiger partial charge in [-0.05, 0) is 60.7 Å². The van der Waals surface area contributed by atoms with E-state index in [4.69, 9.17) is 0 Å². The number of thiophene rings is 1. The number of aromatic nitrogens is 1. The number of hydrogen-bond donors (Lipinski definition) is 0. The molecule has 0 bridgehead atoms. The first-order chi connectivity index (χ1) is 11.9. The molecule has 2 heterocycles. The van der Waals surface area contributed by atoms with E-state index in [9.17, 15) is 8.42 Å². The van der Waals surface area contributed by atoms with Gasteiger partial charge >= 0.3 is 0 Å². The summed E-state index contributed by atoms with van der Waals surface area (Å²) in [4.78, 5) is 1.38. The molecule has 0 N–H and O–H groups in total. The predicted molar refractivity (Wildman–Crippen MR) is 102 cm³/mol. The molecule has 3 rings (SSSR count). The van der Waals surface area contributed by atoms with Crippen molar-refractivity contribution >= 4 is 21.4 Å². The van der Waals surface area contributed by atoms with Gasteiger partial charge in [-0.25, -0.2) is 8.42 Å². The van der Waals surface area contributed by atoms with Gasteiger partial charge in [0.15, 0.2) is 0 Å². The van der Waals surface area contributed by atoms with Gasteiger partial charge in [-0.1, -0.05) is 12.1 Å². The lowest BCUT2D eigenvalue weighted by Crippen LogP contribution is -2.30. The lowest BCUT2D eigenvalue weighted by Gasteiger charge is -2.22. The largest absolute Gasteiger partial charge is 0.353 e. The van der Waals surface area contributed by atoms with Gasteiger partial charge in [0.25, 0.3) is 0 Å². The lowest BCUT2D eigenvalue weighted by molar-refractivity contribution is 0.395. The second-order valence-corrected chi connectivity index (χ2v) is 9.18. The number of hydrogen-bond acceptors (Lipinski definition) is 3. The molecule has 2 aromatic heterocycles. The van der Waals surface area contributed by atoms with Gasteiger partial charge in [0, 0.05) is 30.4 Å². The van der Waals surface area contributed by atoms with Crippen molar-refractivity contribution < 1.29 is 8.42 Å². The molecule has 0 radical (unpaired) electrons. The monoisotopic (exact) mass is 374 g/mol. The zero-order valence-corrected chi connectivity index (χ0v) is 16.3. The third-order valence-corrected chi connectivity index (χ3v) is 7.07. The molecule has 132 valence electrons. The van der Waals surface area contributed by atoms with Crippen LogP contribution in [-0.2, 0) is 30.2 Å². The molecule has 0 atom stereocenters. The van der Waals surface area contributed by atoms with Crippen LogP contribution >= 0.6 is 11.3 Å². The van der Waals surface area contributed by atoms with Crippen LogP contribution in [-0.4, -0.2) is 17.3 Å². The van der Waals surface area contributed by atoms with E-state index in [1.165, 1.54) is 0 Å². The Morgan fingerprint density at radius 1 is 1.04 bits per heavy atom.